The summed E-state index contributed by atoms with van der Waals surface area (Å²) in [5, 5.41) is 0.835. The minimum Gasteiger partial charge on any atom is -0.497 e. The summed E-state index contributed by atoms with van der Waals surface area (Å²) in [7, 11) is 1.56. The van der Waals surface area contributed by atoms with Crippen molar-refractivity contribution in [2.45, 2.75) is 19.8 Å². The smallest absolute Gasteiger partial charge is 0.339 e. The van der Waals surface area contributed by atoms with E-state index in [9.17, 15) is 14.0 Å². The molecule has 0 spiro atoms. The van der Waals surface area contributed by atoms with Gasteiger partial charge in [0.15, 0.2) is 0 Å². The minimum absolute atomic E-state index is 0.0122. The van der Waals surface area contributed by atoms with Crippen LogP contribution in [-0.4, -0.2) is 44.1 Å². The number of carbonyl (C=O) groups excluding carboxylic acids is 1. The predicted molar refractivity (Wildman–Crippen MR) is 117 cm³/mol. The Morgan fingerprint density at radius 1 is 1.13 bits per heavy atom. The lowest BCUT2D eigenvalue weighted by Gasteiger charge is -2.36. The molecule has 2 heterocycles. The zero-order valence-corrected chi connectivity index (χ0v) is 17.7. The molecular weight excluding hydrogens is 399 g/mol. The topological polar surface area (TPSA) is 63.0 Å². The fourth-order valence-electron chi connectivity index (χ4n) is 4.09. The van der Waals surface area contributed by atoms with Crippen LogP contribution in [0.25, 0.3) is 11.0 Å². The van der Waals surface area contributed by atoms with Gasteiger partial charge in [-0.3, -0.25) is 4.79 Å². The lowest BCUT2D eigenvalue weighted by Crippen LogP contribution is -2.49. The van der Waals surface area contributed by atoms with Crippen LogP contribution in [0.15, 0.2) is 51.7 Å². The lowest BCUT2D eigenvalue weighted by molar-refractivity contribution is -0.131. The first-order chi connectivity index (χ1) is 15.0. The van der Waals surface area contributed by atoms with Crippen LogP contribution in [0.2, 0.25) is 0 Å². The Kier molecular flexibility index (Phi) is 5.93. The van der Waals surface area contributed by atoms with Crippen LogP contribution < -0.4 is 15.3 Å². The van der Waals surface area contributed by atoms with E-state index < -0.39 is 5.63 Å². The van der Waals surface area contributed by atoms with Crippen molar-refractivity contribution in [1.29, 1.82) is 0 Å². The van der Waals surface area contributed by atoms with Gasteiger partial charge in [-0.05, 0) is 43.2 Å². The number of benzene rings is 2. The van der Waals surface area contributed by atoms with Crippen molar-refractivity contribution in [2.24, 2.45) is 0 Å². The molecule has 1 saturated heterocycles. The number of piperazine rings is 1. The van der Waals surface area contributed by atoms with Crippen molar-refractivity contribution >= 4 is 22.6 Å². The summed E-state index contributed by atoms with van der Waals surface area (Å²) in [6, 6.07) is 12.0. The Balaban J connectivity index is 1.41. The summed E-state index contributed by atoms with van der Waals surface area (Å²) in [5.41, 5.74) is 1.97. The molecule has 7 heteroatoms. The quantitative estimate of drug-likeness (QED) is 0.587. The van der Waals surface area contributed by atoms with Gasteiger partial charge in [0.1, 0.15) is 17.1 Å². The van der Waals surface area contributed by atoms with Crippen LogP contribution in [0.4, 0.5) is 10.1 Å². The third-order valence-corrected chi connectivity index (χ3v) is 5.91. The van der Waals surface area contributed by atoms with Crippen LogP contribution in [0.5, 0.6) is 5.75 Å². The molecule has 3 aromatic rings. The van der Waals surface area contributed by atoms with Crippen molar-refractivity contribution < 1.29 is 18.3 Å². The van der Waals surface area contributed by atoms with Crippen LogP contribution in [0.1, 0.15) is 17.5 Å². The Morgan fingerprint density at radius 2 is 1.87 bits per heavy atom. The average Bonchev–Trinajstić information content (AvgIpc) is 2.78. The molecule has 1 aliphatic rings. The molecular formula is C24H25FN2O4. The highest BCUT2D eigenvalue weighted by molar-refractivity contribution is 5.83. The van der Waals surface area contributed by atoms with E-state index in [0.29, 0.717) is 55.2 Å². The van der Waals surface area contributed by atoms with Crippen molar-refractivity contribution in [3.8, 4) is 5.75 Å². The maximum absolute atomic E-state index is 14.0. The molecule has 0 radical (unpaired) electrons. The molecule has 0 atom stereocenters. The largest absolute Gasteiger partial charge is 0.497 e. The first-order valence-corrected chi connectivity index (χ1v) is 10.4. The third-order valence-electron chi connectivity index (χ3n) is 5.91. The fraction of sp³-hybridized carbons (Fsp3) is 0.333. The molecule has 31 heavy (non-hydrogen) atoms. The third kappa shape index (κ3) is 4.26. The molecule has 6 nitrogen and oxygen atoms in total. The van der Waals surface area contributed by atoms with Crippen molar-refractivity contribution in [3.05, 3.63) is 69.8 Å². The van der Waals surface area contributed by atoms with Gasteiger partial charge in [-0.2, -0.15) is 0 Å². The van der Waals surface area contributed by atoms with E-state index in [4.69, 9.17) is 9.15 Å². The predicted octanol–water partition coefficient (Wildman–Crippen LogP) is 3.53. The van der Waals surface area contributed by atoms with Crippen LogP contribution in [0, 0.1) is 12.7 Å². The van der Waals surface area contributed by atoms with E-state index in [1.54, 1.807) is 30.2 Å². The second-order valence-electron chi connectivity index (χ2n) is 7.67. The Labute approximate surface area is 179 Å². The number of hydrogen-bond acceptors (Lipinski definition) is 5. The zero-order valence-electron chi connectivity index (χ0n) is 17.7. The molecule has 0 N–H and O–H groups in total. The van der Waals surface area contributed by atoms with E-state index >= 15 is 0 Å². The van der Waals surface area contributed by atoms with E-state index in [2.05, 4.69) is 0 Å². The molecule has 1 amide bonds. The van der Waals surface area contributed by atoms with E-state index in [1.807, 2.05) is 30.0 Å². The summed E-state index contributed by atoms with van der Waals surface area (Å²) in [5.74, 6) is 0.354. The number of carbonyl (C=O) groups is 1. The van der Waals surface area contributed by atoms with Gasteiger partial charge in [0, 0.05) is 49.6 Å². The molecule has 1 aliphatic heterocycles. The summed E-state index contributed by atoms with van der Waals surface area (Å²) in [6.07, 6.45) is 0.551. The first kappa shape index (κ1) is 20.9. The Hall–Kier alpha value is -3.35. The molecule has 0 aliphatic carbocycles. The van der Waals surface area contributed by atoms with Crippen LogP contribution >= 0.6 is 0 Å². The minimum atomic E-state index is -0.421. The number of amides is 1. The molecule has 1 fully saturated rings. The SMILES string of the molecule is COc1ccc2c(C)c(CCC(=O)N3CCN(c4ccccc4F)CC3)c(=O)oc2c1. The summed E-state index contributed by atoms with van der Waals surface area (Å²) in [4.78, 5) is 29.0. The summed E-state index contributed by atoms with van der Waals surface area (Å²) < 4.78 is 24.6. The van der Waals surface area contributed by atoms with Crippen molar-refractivity contribution in [1.82, 2.24) is 4.90 Å². The molecule has 162 valence electrons. The summed E-state index contributed by atoms with van der Waals surface area (Å²) >= 11 is 0. The van der Waals surface area contributed by atoms with E-state index in [0.717, 1.165) is 10.9 Å². The zero-order chi connectivity index (χ0) is 22.0. The highest BCUT2D eigenvalue weighted by Crippen LogP contribution is 2.25. The van der Waals surface area contributed by atoms with Crippen molar-refractivity contribution in [3.63, 3.8) is 0 Å². The maximum atomic E-state index is 14.0. The number of anilines is 1. The van der Waals surface area contributed by atoms with Gasteiger partial charge < -0.3 is 19.0 Å². The monoisotopic (exact) mass is 424 g/mol. The number of para-hydroxylation sites is 1. The maximum Gasteiger partial charge on any atom is 0.339 e. The highest BCUT2D eigenvalue weighted by atomic mass is 19.1. The van der Waals surface area contributed by atoms with Crippen LogP contribution in [-0.2, 0) is 11.2 Å². The Bertz CT molecular complexity index is 1170. The molecule has 2 aromatic carbocycles. The second kappa shape index (κ2) is 8.79. The summed E-state index contributed by atoms with van der Waals surface area (Å²) in [6.45, 7) is 4.08. The standard InChI is InChI=1S/C24H25FN2O4/c1-16-18-8-7-17(30-2)15-22(18)31-24(29)19(16)9-10-23(28)27-13-11-26(12-14-27)21-6-4-3-5-20(21)25/h3-8,15H,9-14H2,1-2H3. The van der Waals surface area contributed by atoms with Gasteiger partial charge in [-0.15, -0.1) is 0 Å². The van der Waals surface area contributed by atoms with Gasteiger partial charge in [0.2, 0.25) is 5.91 Å². The van der Waals surface area contributed by atoms with Crippen molar-refractivity contribution in [2.75, 3.05) is 38.2 Å². The number of rotatable bonds is 5. The normalized spacial score (nSPS) is 14.2. The van der Waals surface area contributed by atoms with Gasteiger partial charge >= 0.3 is 5.63 Å². The average molecular weight is 424 g/mol. The molecule has 4 rings (SSSR count). The fourth-order valence-corrected chi connectivity index (χ4v) is 4.09. The molecule has 0 bridgehead atoms. The lowest BCUT2D eigenvalue weighted by atomic mass is 10.0. The molecule has 0 unspecified atom stereocenters. The van der Waals surface area contributed by atoms with Gasteiger partial charge in [0.25, 0.3) is 0 Å². The van der Waals surface area contributed by atoms with E-state index in [-0.39, 0.29) is 18.1 Å². The number of aryl methyl sites for hydroxylation is 1. The number of hydrogen-bond donors (Lipinski definition) is 0. The number of ether oxygens (including phenoxy) is 1. The first-order valence-electron chi connectivity index (χ1n) is 10.4. The number of nitrogens with zero attached hydrogens (tertiary/aromatic N) is 2. The second-order valence-corrected chi connectivity index (χ2v) is 7.67. The molecule has 0 saturated carbocycles. The van der Waals surface area contributed by atoms with Gasteiger partial charge in [-0.1, -0.05) is 12.1 Å². The number of methoxy groups -OCH3 is 1. The number of halogens is 1. The highest BCUT2D eigenvalue weighted by Gasteiger charge is 2.23. The Morgan fingerprint density at radius 3 is 2.58 bits per heavy atom. The van der Waals surface area contributed by atoms with Crippen LogP contribution in [0.3, 0.4) is 0 Å². The number of fused-ring (bicyclic) bond motifs is 1. The van der Waals surface area contributed by atoms with Gasteiger partial charge in [-0.25, -0.2) is 9.18 Å². The van der Waals surface area contributed by atoms with Gasteiger partial charge in [0.05, 0.1) is 12.8 Å². The molecule has 1 aromatic heterocycles. The van der Waals surface area contributed by atoms with E-state index in [1.165, 1.54) is 6.07 Å².